The van der Waals surface area contributed by atoms with Crippen LogP contribution < -0.4 is 5.32 Å². The van der Waals surface area contributed by atoms with Gasteiger partial charge in [-0.05, 0) is 27.2 Å². The molecule has 1 unspecified atom stereocenters. The Bertz CT molecular complexity index is 309. The molecule has 4 nitrogen and oxygen atoms in total. The lowest BCUT2D eigenvalue weighted by atomic mass is 10.2. The maximum absolute atomic E-state index is 11.5. The number of hydrogen-bond donors (Lipinski definition) is 1. The van der Waals surface area contributed by atoms with Gasteiger partial charge in [0.05, 0.1) is 17.5 Å². The average molecular weight is 249 g/mol. The molecule has 0 amide bonds. The van der Waals surface area contributed by atoms with E-state index in [9.17, 15) is 13.2 Å². The highest BCUT2D eigenvalue weighted by Gasteiger charge is 2.17. The van der Waals surface area contributed by atoms with E-state index >= 15 is 0 Å². The third kappa shape index (κ3) is 6.23. The van der Waals surface area contributed by atoms with Crippen LogP contribution in [0.5, 0.6) is 0 Å². The molecule has 0 heterocycles. The van der Waals surface area contributed by atoms with Crippen molar-refractivity contribution in [2.24, 2.45) is 0 Å². The van der Waals surface area contributed by atoms with Crippen LogP contribution in [0.4, 0.5) is 0 Å². The van der Waals surface area contributed by atoms with Crippen molar-refractivity contribution in [2.75, 3.05) is 12.3 Å². The first-order valence-electron chi connectivity index (χ1n) is 5.76. The fourth-order valence-electron chi connectivity index (χ4n) is 1.01. The minimum atomic E-state index is -3.09. The van der Waals surface area contributed by atoms with E-state index in [2.05, 4.69) is 5.32 Å². The Morgan fingerprint density at radius 2 is 1.81 bits per heavy atom. The van der Waals surface area contributed by atoms with Gasteiger partial charge in [-0.2, -0.15) is 0 Å². The number of carbonyl (C=O) groups excluding carboxylic acids is 1. The average Bonchev–Trinajstić information content (AvgIpc) is 2.22. The van der Waals surface area contributed by atoms with E-state index in [1.54, 1.807) is 13.8 Å². The summed E-state index contributed by atoms with van der Waals surface area (Å²) in [6.45, 7) is 7.57. The Morgan fingerprint density at radius 1 is 1.25 bits per heavy atom. The van der Waals surface area contributed by atoms with Crippen molar-refractivity contribution in [2.45, 2.75) is 51.8 Å². The van der Waals surface area contributed by atoms with Gasteiger partial charge in [0, 0.05) is 12.5 Å². The van der Waals surface area contributed by atoms with Crippen LogP contribution in [-0.4, -0.2) is 37.8 Å². The molecule has 0 fully saturated rings. The summed E-state index contributed by atoms with van der Waals surface area (Å²) in [5, 5.41) is 2.65. The summed E-state index contributed by atoms with van der Waals surface area (Å²) in [7, 11) is -3.09. The van der Waals surface area contributed by atoms with Crippen molar-refractivity contribution in [1.82, 2.24) is 5.32 Å². The molecule has 0 bridgehead atoms. The Morgan fingerprint density at radius 3 is 2.25 bits per heavy atom. The Balaban J connectivity index is 3.91. The molecule has 5 heteroatoms. The highest BCUT2D eigenvalue weighted by Crippen LogP contribution is 2.02. The minimum Gasteiger partial charge on any atom is -0.308 e. The van der Waals surface area contributed by atoms with Gasteiger partial charge in [0.25, 0.3) is 0 Å². The highest BCUT2D eigenvalue weighted by molar-refractivity contribution is 7.91. The molecule has 0 saturated carbocycles. The molecule has 0 aromatic rings. The van der Waals surface area contributed by atoms with E-state index in [1.807, 2.05) is 13.8 Å². The fraction of sp³-hybridized carbons (Fsp3) is 0.909. The molecule has 0 aromatic heterocycles. The number of carbonyl (C=O) groups is 1. The summed E-state index contributed by atoms with van der Waals surface area (Å²) in [6, 6.07) is 0.297. The molecule has 0 rings (SSSR count). The van der Waals surface area contributed by atoms with Gasteiger partial charge in [-0.25, -0.2) is 8.42 Å². The van der Waals surface area contributed by atoms with Gasteiger partial charge < -0.3 is 5.32 Å². The van der Waals surface area contributed by atoms with E-state index < -0.39 is 15.1 Å². The van der Waals surface area contributed by atoms with Gasteiger partial charge in [-0.3, -0.25) is 4.79 Å². The van der Waals surface area contributed by atoms with Crippen molar-refractivity contribution in [3.05, 3.63) is 0 Å². The standard InChI is InChI=1S/C11H23NO3S/c1-5-10(4)12-8-11(13)6-7-16(14,15)9(2)3/h9-10,12H,5-8H2,1-4H3. The molecule has 1 atom stereocenters. The predicted molar refractivity (Wildman–Crippen MR) is 66.3 cm³/mol. The van der Waals surface area contributed by atoms with Gasteiger partial charge in [0.2, 0.25) is 0 Å². The van der Waals surface area contributed by atoms with Crippen LogP contribution in [0.3, 0.4) is 0 Å². The lowest BCUT2D eigenvalue weighted by molar-refractivity contribution is -0.118. The first-order valence-corrected chi connectivity index (χ1v) is 7.47. The lowest BCUT2D eigenvalue weighted by Crippen LogP contribution is -2.32. The zero-order valence-electron chi connectivity index (χ0n) is 10.6. The van der Waals surface area contributed by atoms with E-state index in [1.165, 1.54) is 0 Å². The van der Waals surface area contributed by atoms with Gasteiger partial charge in [0.15, 0.2) is 9.84 Å². The second-order valence-electron chi connectivity index (χ2n) is 4.39. The second-order valence-corrected chi connectivity index (χ2v) is 7.07. The maximum Gasteiger partial charge on any atom is 0.153 e. The molecule has 0 spiro atoms. The zero-order valence-corrected chi connectivity index (χ0v) is 11.4. The van der Waals surface area contributed by atoms with Gasteiger partial charge in [-0.1, -0.05) is 6.92 Å². The van der Waals surface area contributed by atoms with Gasteiger partial charge >= 0.3 is 0 Å². The highest BCUT2D eigenvalue weighted by atomic mass is 32.2. The van der Waals surface area contributed by atoms with Gasteiger partial charge in [0.1, 0.15) is 5.78 Å². The van der Waals surface area contributed by atoms with Crippen LogP contribution in [0.15, 0.2) is 0 Å². The van der Waals surface area contributed by atoms with Crippen LogP contribution in [0.25, 0.3) is 0 Å². The van der Waals surface area contributed by atoms with Crippen LogP contribution in [0, 0.1) is 0 Å². The first-order chi connectivity index (χ1) is 7.29. The minimum absolute atomic E-state index is 0.0360. The van der Waals surface area contributed by atoms with Crippen LogP contribution in [-0.2, 0) is 14.6 Å². The van der Waals surface area contributed by atoms with Crippen LogP contribution >= 0.6 is 0 Å². The molecular weight excluding hydrogens is 226 g/mol. The number of Topliss-reactive ketones (excluding diaryl/α,β-unsaturated/α-hetero) is 1. The third-order valence-corrected chi connectivity index (χ3v) is 4.85. The lowest BCUT2D eigenvalue weighted by Gasteiger charge is -2.11. The molecule has 96 valence electrons. The van der Waals surface area contributed by atoms with E-state index in [0.29, 0.717) is 6.04 Å². The van der Waals surface area contributed by atoms with E-state index in [0.717, 1.165) is 6.42 Å². The third-order valence-electron chi connectivity index (χ3n) is 2.64. The largest absolute Gasteiger partial charge is 0.308 e. The summed E-state index contributed by atoms with van der Waals surface area (Å²) in [5.41, 5.74) is 0. The summed E-state index contributed by atoms with van der Waals surface area (Å²) < 4.78 is 22.9. The second kappa shape index (κ2) is 7.01. The number of nitrogens with one attached hydrogen (secondary N) is 1. The molecule has 0 aliphatic heterocycles. The smallest absolute Gasteiger partial charge is 0.153 e. The van der Waals surface area contributed by atoms with Crippen molar-refractivity contribution in [3.63, 3.8) is 0 Å². The summed E-state index contributed by atoms with van der Waals surface area (Å²) in [4.78, 5) is 11.4. The Kier molecular flexibility index (Phi) is 6.83. The van der Waals surface area contributed by atoms with Crippen LogP contribution in [0.2, 0.25) is 0 Å². The topological polar surface area (TPSA) is 63.2 Å². The zero-order chi connectivity index (χ0) is 12.8. The molecular formula is C11H23NO3S. The normalized spacial score (nSPS) is 14.1. The summed E-state index contributed by atoms with van der Waals surface area (Å²) in [6.07, 6.45) is 1.07. The first kappa shape index (κ1) is 15.6. The number of rotatable bonds is 8. The molecule has 0 aromatic carbocycles. The van der Waals surface area contributed by atoms with E-state index in [4.69, 9.17) is 0 Å². The predicted octanol–water partition coefficient (Wildman–Crippen LogP) is 1.16. The van der Waals surface area contributed by atoms with Crippen molar-refractivity contribution in [1.29, 1.82) is 0 Å². The van der Waals surface area contributed by atoms with E-state index in [-0.39, 0.29) is 24.5 Å². The van der Waals surface area contributed by atoms with Crippen molar-refractivity contribution < 1.29 is 13.2 Å². The molecule has 0 saturated heterocycles. The molecule has 0 radical (unpaired) electrons. The monoisotopic (exact) mass is 249 g/mol. The van der Waals surface area contributed by atoms with Gasteiger partial charge in [-0.15, -0.1) is 0 Å². The Labute approximate surface area is 98.7 Å². The van der Waals surface area contributed by atoms with Crippen LogP contribution in [0.1, 0.15) is 40.5 Å². The number of ketones is 1. The summed E-state index contributed by atoms with van der Waals surface area (Å²) >= 11 is 0. The molecule has 0 aliphatic rings. The molecule has 1 N–H and O–H groups in total. The molecule has 16 heavy (non-hydrogen) atoms. The van der Waals surface area contributed by atoms with Crippen molar-refractivity contribution in [3.8, 4) is 0 Å². The Hall–Kier alpha value is -0.420. The summed E-state index contributed by atoms with van der Waals surface area (Å²) in [5.74, 6) is -0.0735. The number of sulfone groups is 1. The number of hydrogen-bond acceptors (Lipinski definition) is 4. The molecule has 0 aliphatic carbocycles. The SMILES string of the molecule is CCC(C)NCC(=O)CCS(=O)(=O)C(C)C. The fourth-order valence-corrected chi connectivity index (χ4v) is 2.00. The maximum atomic E-state index is 11.5. The quantitative estimate of drug-likeness (QED) is 0.701. The van der Waals surface area contributed by atoms with Crippen molar-refractivity contribution >= 4 is 15.6 Å².